The third-order valence-corrected chi connectivity index (χ3v) is 6.37. The van der Waals surface area contributed by atoms with E-state index in [0.717, 1.165) is 22.1 Å². The number of nitrogens with one attached hydrogen (secondary N) is 2. The van der Waals surface area contributed by atoms with Gasteiger partial charge in [-0.2, -0.15) is 0 Å². The molecule has 4 aromatic rings. The maximum atomic E-state index is 13.0. The molecule has 0 aliphatic rings. The molecule has 0 saturated carbocycles. The third kappa shape index (κ3) is 5.74. The first-order chi connectivity index (χ1) is 17.1. The Morgan fingerprint density at radius 2 is 1.42 bits per heavy atom. The van der Waals surface area contributed by atoms with E-state index in [1.165, 1.54) is 5.56 Å². The Hall–Kier alpha value is -4.12. The molecule has 0 unspecified atom stereocenters. The summed E-state index contributed by atoms with van der Waals surface area (Å²) in [7, 11) is 1.65. The Balaban J connectivity index is 1.43. The lowest BCUT2D eigenvalue weighted by atomic mass is 9.87. The number of anilines is 2. The maximum absolute atomic E-state index is 13.0. The zero-order valence-corrected chi connectivity index (χ0v) is 21.4. The molecule has 1 atom stereocenters. The molecular weight excluding hydrogens is 448 g/mol. The molecule has 0 bridgehead atoms. The molecule has 5 nitrogen and oxygen atoms in total. The van der Waals surface area contributed by atoms with Crippen LogP contribution in [0.2, 0.25) is 0 Å². The van der Waals surface area contributed by atoms with E-state index in [9.17, 15) is 9.59 Å². The van der Waals surface area contributed by atoms with Gasteiger partial charge in [-0.05, 0) is 76.7 Å². The number of methoxy groups -OCH3 is 1. The van der Waals surface area contributed by atoms with Gasteiger partial charge in [0.1, 0.15) is 5.75 Å². The van der Waals surface area contributed by atoms with Gasteiger partial charge in [0.05, 0.1) is 13.0 Å². The Labute approximate surface area is 212 Å². The van der Waals surface area contributed by atoms with E-state index < -0.39 is 0 Å². The summed E-state index contributed by atoms with van der Waals surface area (Å²) in [6, 6.07) is 26.7. The SMILES string of the molecule is COc1ccc2cc([C@H](C)C(=O)Nc3cccc(NC(=O)c4ccc(C(C)(C)C)cc4)c3)ccc2c1. The standard InChI is InChI=1S/C31H32N2O3/c1-20(22-9-10-24-18-28(36-5)16-13-23(24)17-22)29(34)32-26-7-6-8-27(19-26)33-30(35)21-11-14-25(15-12-21)31(2,3)4/h6-20H,1-5H3,(H,32,34)(H,33,35)/t20-/m0/s1. The normalized spacial score (nSPS) is 12.1. The molecule has 5 heteroatoms. The first-order valence-electron chi connectivity index (χ1n) is 12.0. The number of ether oxygens (including phenoxy) is 1. The summed E-state index contributed by atoms with van der Waals surface area (Å²) in [5.41, 5.74) is 3.94. The summed E-state index contributed by atoms with van der Waals surface area (Å²) in [6.45, 7) is 8.30. The molecule has 36 heavy (non-hydrogen) atoms. The van der Waals surface area contributed by atoms with Crippen LogP contribution >= 0.6 is 0 Å². The van der Waals surface area contributed by atoms with Crippen LogP contribution in [-0.4, -0.2) is 18.9 Å². The number of rotatable bonds is 6. The van der Waals surface area contributed by atoms with Crippen LogP contribution in [-0.2, 0) is 10.2 Å². The Kier molecular flexibility index (Phi) is 7.11. The fraction of sp³-hybridized carbons (Fsp3) is 0.226. The molecule has 184 valence electrons. The van der Waals surface area contributed by atoms with E-state index in [2.05, 4.69) is 31.4 Å². The lowest BCUT2D eigenvalue weighted by Crippen LogP contribution is -2.19. The molecule has 0 radical (unpaired) electrons. The lowest BCUT2D eigenvalue weighted by molar-refractivity contribution is -0.117. The smallest absolute Gasteiger partial charge is 0.255 e. The molecule has 4 rings (SSSR count). The van der Waals surface area contributed by atoms with Crippen molar-refractivity contribution in [1.82, 2.24) is 0 Å². The Morgan fingerprint density at radius 1 is 0.778 bits per heavy atom. The van der Waals surface area contributed by atoms with Gasteiger partial charge in [0.2, 0.25) is 5.91 Å². The van der Waals surface area contributed by atoms with Crippen LogP contribution in [0.4, 0.5) is 11.4 Å². The first-order valence-corrected chi connectivity index (χ1v) is 12.0. The van der Waals surface area contributed by atoms with E-state index in [1.54, 1.807) is 19.2 Å². The Bertz CT molecular complexity index is 1400. The minimum Gasteiger partial charge on any atom is -0.497 e. The fourth-order valence-corrected chi connectivity index (χ4v) is 4.04. The minimum atomic E-state index is -0.351. The number of fused-ring (bicyclic) bond motifs is 1. The van der Waals surface area contributed by atoms with Gasteiger partial charge >= 0.3 is 0 Å². The topological polar surface area (TPSA) is 67.4 Å². The zero-order valence-electron chi connectivity index (χ0n) is 21.4. The van der Waals surface area contributed by atoms with Crippen LogP contribution in [0.5, 0.6) is 5.75 Å². The molecule has 0 fully saturated rings. The average Bonchev–Trinajstić information content (AvgIpc) is 2.87. The highest BCUT2D eigenvalue weighted by molar-refractivity contribution is 6.05. The van der Waals surface area contributed by atoms with Crippen LogP contribution < -0.4 is 15.4 Å². The van der Waals surface area contributed by atoms with Crippen molar-refractivity contribution in [3.8, 4) is 5.75 Å². The van der Waals surface area contributed by atoms with Gasteiger partial charge in [-0.15, -0.1) is 0 Å². The number of carbonyl (C=O) groups is 2. The van der Waals surface area contributed by atoms with Crippen molar-refractivity contribution >= 4 is 34.0 Å². The molecule has 0 aliphatic carbocycles. The maximum Gasteiger partial charge on any atom is 0.255 e. The second-order valence-electron chi connectivity index (χ2n) is 10.0. The summed E-state index contributed by atoms with van der Waals surface area (Å²) < 4.78 is 5.29. The number of hydrogen-bond acceptors (Lipinski definition) is 3. The highest BCUT2D eigenvalue weighted by Crippen LogP contribution is 2.27. The van der Waals surface area contributed by atoms with Crippen molar-refractivity contribution in [3.63, 3.8) is 0 Å². The van der Waals surface area contributed by atoms with E-state index in [4.69, 9.17) is 4.74 Å². The van der Waals surface area contributed by atoms with Crippen molar-refractivity contribution in [3.05, 3.63) is 102 Å². The van der Waals surface area contributed by atoms with Gasteiger partial charge in [-0.25, -0.2) is 0 Å². The number of hydrogen-bond donors (Lipinski definition) is 2. The summed E-state index contributed by atoms with van der Waals surface area (Å²) in [4.78, 5) is 25.7. The van der Waals surface area contributed by atoms with Crippen molar-refractivity contribution in [2.45, 2.75) is 39.0 Å². The van der Waals surface area contributed by atoms with Gasteiger partial charge in [-0.1, -0.05) is 63.2 Å². The molecule has 0 aromatic heterocycles. The molecule has 2 amide bonds. The van der Waals surface area contributed by atoms with Gasteiger partial charge in [0.25, 0.3) is 5.91 Å². The highest BCUT2D eigenvalue weighted by atomic mass is 16.5. The van der Waals surface area contributed by atoms with E-state index in [-0.39, 0.29) is 23.1 Å². The van der Waals surface area contributed by atoms with Crippen molar-refractivity contribution in [1.29, 1.82) is 0 Å². The largest absolute Gasteiger partial charge is 0.497 e. The summed E-state index contributed by atoms with van der Waals surface area (Å²) in [5.74, 6) is 0.134. The molecule has 0 aliphatic heterocycles. The molecule has 0 spiro atoms. The summed E-state index contributed by atoms with van der Waals surface area (Å²) in [6.07, 6.45) is 0. The van der Waals surface area contributed by atoms with Crippen LogP contribution in [0.3, 0.4) is 0 Å². The van der Waals surface area contributed by atoms with Crippen LogP contribution in [0.25, 0.3) is 10.8 Å². The van der Waals surface area contributed by atoms with Crippen LogP contribution in [0.1, 0.15) is 55.1 Å². The molecule has 0 saturated heterocycles. The average molecular weight is 481 g/mol. The monoisotopic (exact) mass is 480 g/mol. The molecule has 4 aromatic carbocycles. The van der Waals surface area contributed by atoms with Crippen LogP contribution in [0.15, 0.2) is 84.9 Å². The molecule has 2 N–H and O–H groups in total. The number of amides is 2. The van der Waals surface area contributed by atoms with Crippen molar-refractivity contribution in [2.75, 3.05) is 17.7 Å². The Morgan fingerprint density at radius 3 is 2.08 bits per heavy atom. The number of carbonyl (C=O) groups excluding carboxylic acids is 2. The van der Waals surface area contributed by atoms with E-state index >= 15 is 0 Å². The predicted molar refractivity (Wildman–Crippen MR) is 147 cm³/mol. The third-order valence-electron chi connectivity index (χ3n) is 6.37. The minimum absolute atomic E-state index is 0.0269. The first kappa shape index (κ1) is 25.0. The van der Waals surface area contributed by atoms with Gasteiger partial charge < -0.3 is 15.4 Å². The van der Waals surface area contributed by atoms with E-state index in [0.29, 0.717) is 16.9 Å². The van der Waals surface area contributed by atoms with Crippen molar-refractivity contribution in [2.24, 2.45) is 0 Å². The van der Waals surface area contributed by atoms with Gasteiger partial charge in [-0.3, -0.25) is 9.59 Å². The van der Waals surface area contributed by atoms with E-state index in [1.807, 2.05) is 79.7 Å². The van der Waals surface area contributed by atoms with Crippen molar-refractivity contribution < 1.29 is 14.3 Å². The fourth-order valence-electron chi connectivity index (χ4n) is 4.04. The summed E-state index contributed by atoms with van der Waals surface area (Å²) in [5, 5.41) is 8.00. The second-order valence-corrected chi connectivity index (χ2v) is 10.0. The van der Waals surface area contributed by atoms with Crippen LogP contribution in [0, 0.1) is 0 Å². The predicted octanol–water partition coefficient (Wildman–Crippen LogP) is 7.14. The lowest BCUT2D eigenvalue weighted by Gasteiger charge is -2.19. The number of benzene rings is 4. The molecule has 0 heterocycles. The molecular formula is C31H32N2O3. The summed E-state index contributed by atoms with van der Waals surface area (Å²) >= 11 is 0. The quantitative estimate of drug-likeness (QED) is 0.308. The zero-order chi connectivity index (χ0) is 25.9. The highest BCUT2D eigenvalue weighted by Gasteiger charge is 2.17. The van der Waals surface area contributed by atoms with Gasteiger partial charge in [0.15, 0.2) is 0 Å². The van der Waals surface area contributed by atoms with Gasteiger partial charge in [0, 0.05) is 16.9 Å². The second kappa shape index (κ2) is 10.2.